The maximum absolute atomic E-state index is 14.1. The summed E-state index contributed by atoms with van der Waals surface area (Å²) in [7, 11) is -3.78. The molecule has 1 aromatic rings. The van der Waals surface area contributed by atoms with Gasteiger partial charge in [-0.05, 0) is 71.3 Å². The van der Waals surface area contributed by atoms with E-state index in [2.05, 4.69) is 35.7 Å². The summed E-state index contributed by atoms with van der Waals surface area (Å²) in [5, 5.41) is 12.8. The van der Waals surface area contributed by atoms with Gasteiger partial charge < -0.3 is 15.3 Å². The molecule has 1 aromatic heterocycles. The van der Waals surface area contributed by atoms with Gasteiger partial charge in [0, 0.05) is 36.7 Å². The van der Waals surface area contributed by atoms with Crippen LogP contribution in [0.1, 0.15) is 80.8 Å². The summed E-state index contributed by atoms with van der Waals surface area (Å²) >= 11 is 1.08. The molecule has 9 nitrogen and oxygen atoms in total. The van der Waals surface area contributed by atoms with Crippen LogP contribution in [0.4, 0.5) is 5.69 Å². The molecule has 216 valence electrons. The third kappa shape index (κ3) is 6.85. The fourth-order valence-electron chi connectivity index (χ4n) is 5.22. The summed E-state index contributed by atoms with van der Waals surface area (Å²) in [5.41, 5.74) is 0.104. The molecule has 40 heavy (non-hydrogen) atoms. The Morgan fingerprint density at radius 2 is 1.82 bits per heavy atom. The highest BCUT2D eigenvalue weighted by Gasteiger charge is 2.39. The van der Waals surface area contributed by atoms with Gasteiger partial charge in [0.2, 0.25) is 15.9 Å². The Hall–Kier alpha value is -2.94. The number of hydrogen-bond acceptors (Lipinski definition) is 7. The highest BCUT2D eigenvalue weighted by Crippen LogP contribution is 2.38. The second kappa shape index (κ2) is 11.9. The lowest BCUT2D eigenvalue weighted by molar-refractivity contribution is -0.124. The molecular formula is C29H38N4O5S2. The number of piperidine rings is 1. The van der Waals surface area contributed by atoms with E-state index in [1.54, 1.807) is 11.0 Å². The number of sulfonamides is 1. The molecule has 1 amide bonds. The van der Waals surface area contributed by atoms with Crippen molar-refractivity contribution in [3.05, 3.63) is 39.3 Å². The second-order valence-corrected chi connectivity index (χ2v) is 14.8. The molecule has 4 rings (SSSR count). The topological polar surface area (TPSA) is 119 Å². The highest BCUT2D eigenvalue weighted by atomic mass is 32.2. The first kappa shape index (κ1) is 30.0. The number of nitrogens with zero attached hydrogens (tertiary/aromatic N) is 3. The lowest BCUT2D eigenvalue weighted by Gasteiger charge is -2.40. The smallest absolute Gasteiger partial charge is 0.348 e. The van der Waals surface area contributed by atoms with Crippen LogP contribution in [-0.2, 0) is 14.8 Å². The predicted molar refractivity (Wildman–Crippen MR) is 159 cm³/mol. The van der Waals surface area contributed by atoms with Gasteiger partial charge >= 0.3 is 5.97 Å². The molecule has 2 fully saturated rings. The summed E-state index contributed by atoms with van der Waals surface area (Å²) in [4.78, 5) is 32.8. The molecule has 1 saturated carbocycles. The van der Waals surface area contributed by atoms with Crippen molar-refractivity contribution in [2.24, 2.45) is 22.2 Å². The summed E-state index contributed by atoms with van der Waals surface area (Å²) in [6.45, 7) is 12.2. The SMILES string of the molecule is C=C1N=CC(S(=O)(=O)N2CCC(N(c3cc(C#CC(C)(C)C)sc3C(=O)O)C(=O)[C@H]3CC[C@H](C)CC3)CC2)=CN1. The molecule has 1 aliphatic carbocycles. The zero-order valence-electron chi connectivity index (χ0n) is 23.6. The monoisotopic (exact) mass is 586 g/mol. The molecule has 0 bridgehead atoms. The van der Waals surface area contributed by atoms with Crippen molar-refractivity contribution in [3.8, 4) is 11.8 Å². The van der Waals surface area contributed by atoms with Crippen LogP contribution in [0.15, 0.2) is 34.6 Å². The number of carboxylic acid groups (broad SMARTS) is 1. The van der Waals surface area contributed by atoms with Gasteiger partial charge in [0.1, 0.15) is 15.6 Å². The van der Waals surface area contributed by atoms with Crippen molar-refractivity contribution in [1.29, 1.82) is 0 Å². The molecule has 11 heteroatoms. The van der Waals surface area contributed by atoms with Gasteiger partial charge in [0.05, 0.1) is 16.8 Å². The first-order valence-corrected chi connectivity index (χ1v) is 15.9. The van der Waals surface area contributed by atoms with Crippen LogP contribution in [0.25, 0.3) is 0 Å². The molecule has 0 spiro atoms. The summed E-state index contributed by atoms with van der Waals surface area (Å²) in [5.74, 6) is 5.81. The van der Waals surface area contributed by atoms with Crippen molar-refractivity contribution >= 4 is 45.1 Å². The lowest BCUT2D eigenvalue weighted by Crippen LogP contribution is -2.51. The van der Waals surface area contributed by atoms with Gasteiger partial charge in [-0.3, -0.25) is 4.79 Å². The highest BCUT2D eigenvalue weighted by molar-refractivity contribution is 7.93. The summed E-state index contributed by atoms with van der Waals surface area (Å²) in [6.07, 6.45) is 6.86. The molecule has 0 radical (unpaired) electrons. The number of carboxylic acids is 1. The van der Waals surface area contributed by atoms with E-state index in [9.17, 15) is 23.1 Å². The second-order valence-electron chi connectivity index (χ2n) is 11.8. The number of aliphatic imine (C=N–C) groups is 1. The minimum absolute atomic E-state index is 0.0515. The number of nitrogens with one attached hydrogen (secondary N) is 1. The minimum Gasteiger partial charge on any atom is -0.477 e. The van der Waals surface area contributed by atoms with Crippen LogP contribution in [0.2, 0.25) is 0 Å². The predicted octanol–water partition coefficient (Wildman–Crippen LogP) is 4.78. The molecule has 0 aromatic carbocycles. The fraction of sp³-hybridized carbons (Fsp3) is 0.552. The van der Waals surface area contributed by atoms with Crippen molar-refractivity contribution < 1.29 is 23.1 Å². The summed E-state index contributed by atoms with van der Waals surface area (Å²) < 4.78 is 27.9. The maximum Gasteiger partial charge on any atom is 0.348 e. The van der Waals surface area contributed by atoms with E-state index in [4.69, 9.17) is 0 Å². The Bertz CT molecular complexity index is 1390. The number of carbonyl (C=O) groups is 2. The number of hydrogen-bond donors (Lipinski definition) is 2. The molecule has 2 N–H and O–H groups in total. The maximum atomic E-state index is 14.1. The third-order valence-electron chi connectivity index (χ3n) is 7.48. The Labute approximate surface area is 241 Å². The Morgan fingerprint density at radius 3 is 2.38 bits per heavy atom. The average Bonchev–Trinajstić information content (AvgIpc) is 3.32. The van der Waals surface area contributed by atoms with E-state index in [1.165, 1.54) is 16.7 Å². The summed E-state index contributed by atoms with van der Waals surface area (Å²) in [6, 6.07) is 1.39. The van der Waals surface area contributed by atoms with Crippen LogP contribution < -0.4 is 10.2 Å². The number of rotatable bonds is 6. The lowest BCUT2D eigenvalue weighted by atomic mass is 9.82. The van der Waals surface area contributed by atoms with Crippen LogP contribution in [0.3, 0.4) is 0 Å². The molecule has 2 aliphatic heterocycles. The Balaban J connectivity index is 1.64. The van der Waals surface area contributed by atoms with Gasteiger partial charge in [-0.25, -0.2) is 18.2 Å². The number of anilines is 1. The van der Waals surface area contributed by atoms with E-state index in [0.717, 1.165) is 37.0 Å². The van der Waals surface area contributed by atoms with Crippen molar-refractivity contribution in [1.82, 2.24) is 9.62 Å². The van der Waals surface area contributed by atoms with Crippen molar-refractivity contribution in [2.75, 3.05) is 18.0 Å². The normalized spacial score (nSPS) is 22.6. The van der Waals surface area contributed by atoms with Crippen LogP contribution in [0.5, 0.6) is 0 Å². The average molecular weight is 587 g/mol. The zero-order valence-corrected chi connectivity index (χ0v) is 25.2. The fourth-order valence-corrected chi connectivity index (χ4v) is 7.45. The Kier molecular flexibility index (Phi) is 8.93. The van der Waals surface area contributed by atoms with Gasteiger partial charge in [-0.1, -0.05) is 25.3 Å². The number of allylic oxidation sites excluding steroid dienone is 1. The largest absolute Gasteiger partial charge is 0.477 e. The minimum atomic E-state index is -3.78. The van der Waals surface area contributed by atoms with Crippen molar-refractivity contribution in [3.63, 3.8) is 0 Å². The van der Waals surface area contributed by atoms with Gasteiger partial charge in [0.25, 0.3) is 0 Å². The molecular weight excluding hydrogens is 548 g/mol. The van der Waals surface area contributed by atoms with Crippen molar-refractivity contribution in [2.45, 2.75) is 72.3 Å². The molecule has 3 aliphatic rings. The van der Waals surface area contributed by atoms with Crippen LogP contribution in [-0.4, -0.2) is 55.1 Å². The van der Waals surface area contributed by atoms with E-state index in [0.29, 0.717) is 35.1 Å². The Morgan fingerprint density at radius 1 is 1.18 bits per heavy atom. The third-order valence-corrected chi connectivity index (χ3v) is 10.4. The zero-order chi connectivity index (χ0) is 29.2. The van der Waals surface area contributed by atoms with E-state index < -0.39 is 16.0 Å². The first-order valence-electron chi connectivity index (χ1n) is 13.7. The van der Waals surface area contributed by atoms with Crippen LogP contribution in [0, 0.1) is 29.1 Å². The first-order chi connectivity index (χ1) is 18.8. The molecule has 0 unspecified atom stereocenters. The van der Waals surface area contributed by atoms with E-state index in [-0.39, 0.29) is 46.2 Å². The van der Waals surface area contributed by atoms with Gasteiger partial charge in [-0.15, -0.1) is 11.3 Å². The standard InChI is InChI=1S/C29H38N4O5S2/c1-19-6-8-21(9-7-19)27(34)33(25-16-23(10-13-29(3,4)5)39-26(25)28(35)36)22-11-14-32(15-12-22)40(37,38)24-17-30-20(2)31-18-24/h16-19,21-22,30H,2,6-9,11-12,14-15H2,1,3-5H3,(H,35,36)/t19-,21-. The number of amides is 1. The van der Waals surface area contributed by atoms with E-state index >= 15 is 0 Å². The van der Waals surface area contributed by atoms with Gasteiger partial charge in [0.15, 0.2) is 0 Å². The number of thiophene rings is 1. The molecule has 3 heterocycles. The van der Waals surface area contributed by atoms with Crippen LogP contribution >= 0.6 is 11.3 Å². The number of carbonyl (C=O) groups excluding carboxylic acids is 1. The number of aromatic carboxylic acids is 1. The molecule has 0 atom stereocenters. The van der Waals surface area contributed by atoms with Gasteiger partial charge in [-0.2, -0.15) is 4.31 Å². The quantitative estimate of drug-likeness (QED) is 0.463. The van der Waals surface area contributed by atoms with E-state index in [1.807, 2.05) is 20.8 Å². The molecule has 1 saturated heterocycles.